The van der Waals surface area contributed by atoms with Crippen LogP contribution in [-0.4, -0.2) is 20.7 Å². The van der Waals surface area contributed by atoms with E-state index in [0.29, 0.717) is 30.8 Å². The number of halogens is 2. The summed E-state index contributed by atoms with van der Waals surface area (Å²) in [6.07, 6.45) is 1.29. The Morgan fingerprint density at radius 2 is 1.69 bits per heavy atom. The van der Waals surface area contributed by atoms with Gasteiger partial charge in [-0.15, -0.1) is 10.2 Å². The van der Waals surface area contributed by atoms with Crippen molar-refractivity contribution in [2.24, 2.45) is 0 Å². The summed E-state index contributed by atoms with van der Waals surface area (Å²) >= 11 is 0. The number of nitrogens with one attached hydrogen (secondary N) is 1. The van der Waals surface area contributed by atoms with Crippen molar-refractivity contribution < 1.29 is 13.6 Å². The Morgan fingerprint density at radius 3 is 2.38 bits per heavy atom. The van der Waals surface area contributed by atoms with Crippen LogP contribution in [0.2, 0.25) is 0 Å². The predicted octanol–water partition coefficient (Wildman–Crippen LogP) is 3.03. The van der Waals surface area contributed by atoms with Gasteiger partial charge in [0.05, 0.1) is 0 Å². The van der Waals surface area contributed by atoms with E-state index in [1.807, 2.05) is 4.57 Å². The van der Waals surface area contributed by atoms with Gasteiger partial charge in [0, 0.05) is 18.5 Å². The third-order valence-corrected chi connectivity index (χ3v) is 4.50. The summed E-state index contributed by atoms with van der Waals surface area (Å²) in [4.78, 5) is 12.7. The highest BCUT2D eigenvalue weighted by Gasteiger charge is 2.32. The van der Waals surface area contributed by atoms with Crippen molar-refractivity contribution in [3.8, 4) is 11.4 Å². The van der Waals surface area contributed by atoms with Gasteiger partial charge in [-0.05, 0) is 48.4 Å². The van der Waals surface area contributed by atoms with Crippen molar-refractivity contribution in [3.05, 3.63) is 71.6 Å². The lowest BCUT2D eigenvalue weighted by atomic mass is 10.1. The van der Waals surface area contributed by atoms with Crippen LogP contribution in [0.15, 0.2) is 48.5 Å². The van der Waals surface area contributed by atoms with Gasteiger partial charge in [-0.1, -0.05) is 12.1 Å². The van der Waals surface area contributed by atoms with Crippen molar-refractivity contribution in [1.82, 2.24) is 20.1 Å². The van der Waals surface area contributed by atoms with Gasteiger partial charge in [0.1, 0.15) is 23.5 Å². The van der Waals surface area contributed by atoms with Gasteiger partial charge >= 0.3 is 0 Å². The highest BCUT2D eigenvalue weighted by atomic mass is 19.1. The molecule has 1 unspecified atom stereocenters. The second-order valence-corrected chi connectivity index (χ2v) is 6.22. The number of amides is 1. The lowest BCUT2D eigenvalue weighted by Gasteiger charge is -2.15. The van der Waals surface area contributed by atoms with Crippen LogP contribution in [0.4, 0.5) is 8.78 Å². The molecule has 3 aromatic rings. The number of fused-ring (bicyclic) bond motifs is 1. The van der Waals surface area contributed by atoms with E-state index in [1.54, 1.807) is 24.3 Å². The molecule has 1 N–H and O–H groups in total. The zero-order valence-corrected chi connectivity index (χ0v) is 13.8. The second-order valence-electron chi connectivity index (χ2n) is 6.22. The quantitative estimate of drug-likeness (QED) is 0.783. The Labute approximate surface area is 148 Å². The number of carbonyl (C=O) groups is 1. The van der Waals surface area contributed by atoms with E-state index in [-0.39, 0.29) is 17.5 Å². The van der Waals surface area contributed by atoms with Gasteiger partial charge < -0.3 is 5.32 Å². The third kappa shape index (κ3) is 3.08. The van der Waals surface area contributed by atoms with E-state index in [2.05, 4.69) is 15.5 Å². The molecule has 7 heteroatoms. The molecule has 26 heavy (non-hydrogen) atoms. The highest BCUT2D eigenvalue weighted by molar-refractivity contribution is 5.81. The van der Waals surface area contributed by atoms with Crippen molar-refractivity contribution in [2.45, 2.75) is 25.4 Å². The first-order chi connectivity index (χ1) is 12.6. The number of benzene rings is 2. The van der Waals surface area contributed by atoms with Gasteiger partial charge in [-0.25, -0.2) is 8.78 Å². The number of hydrogen-bond acceptors (Lipinski definition) is 3. The molecule has 2 heterocycles. The van der Waals surface area contributed by atoms with Gasteiger partial charge in [-0.3, -0.25) is 9.36 Å². The maximum atomic E-state index is 13.2. The van der Waals surface area contributed by atoms with E-state index in [1.165, 1.54) is 24.3 Å². The Bertz CT molecular complexity index is 935. The first kappa shape index (κ1) is 16.4. The maximum absolute atomic E-state index is 13.2. The molecule has 5 nitrogen and oxygen atoms in total. The monoisotopic (exact) mass is 354 g/mol. The van der Waals surface area contributed by atoms with Crippen LogP contribution in [0, 0.1) is 11.6 Å². The Morgan fingerprint density at radius 1 is 1.04 bits per heavy atom. The normalized spacial score (nSPS) is 15.7. The van der Waals surface area contributed by atoms with Crippen molar-refractivity contribution in [3.63, 3.8) is 0 Å². The number of rotatable bonds is 4. The topological polar surface area (TPSA) is 59.8 Å². The van der Waals surface area contributed by atoms with Crippen LogP contribution in [0.5, 0.6) is 0 Å². The molecule has 0 saturated heterocycles. The molecule has 1 aliphatic heterocycles. The zero-order valence-electron chi connectivity index (χ0n) is 13.8. The Kier molecular flexibility index (Phi) is 4.20. The lowest BCUT2D eigenvalue weighted by Crippen LogP contribution is -2.31. The van der Waals surface area contributed by atoms with Crippen LogP contribution < -0.4 is 5.32 Å². The summed E-state index contributed by atoms with van der Waals surface area (Å²) in [6, 6.07) is 11.5. The number of aromatic nitrogens is 3. The smallest absolute Gasteiger partial charge is 0.243 e. The van der Waals surface area contributed by atoms with E-state index in [9.17, 15) is 13.6 Å². The highest BCUT2D eigenvalue weighted by Crippen LogP contribution is 2.31. The first-order valence-corrected chi connectivity index (χ1v) is 8.34. The molecular formula is C19H16F2N4O. The first-order valence-electron chi connectivity index (χ1n) is 8.34. The Balaban J connectivity index is 1.53. The van der Waals surface area contributed by atoms with Crippen molar-refractivity contribution >= 4 is 5.91 Å². The van der Waals surface area contributed by atoms with Crippen LogP contribution in [0.25, 0.3) is 11.4 Å². The summed E-state index contributed by atoms with van der Waals surface area (Å²) in [6.45, 7) is 0.318. The summed E-state index contributed by atoms with van der Waals surface area (Å²) in [5.41, 5.74) is 1.53. The molecular weight excluding hydrogens is 338 g/mol. The fourth-order valence-corrected chi connectivity index (χ4v) is 3.17. The fraction of sp³-hybridized carbons (Fsp3) is 0.211. The van der Waals surface area contributed by atoms with Gasteiger partial charge in [0.25, 0.3) is 0 Å². The van der Waals surface area contributed by atoms with Gasteiger partial charge in [0.15, 0.2) is 5.82 Å². The largest absolute Gasteiger partial charge is 0.350 e. The molecule has 0 saturated carbocycles. The minimum Gasteiger partial charge on any atom is -0.350 e. The molecule has 132 valence electrons. The van der Waals surface area contributed by atoms with Crippen LogP contribution in [-0.2, 0) is 17.8 Å². The molecule has 2 aromatic carbocycles. The SMILES string of the molecule is O=C(NCc1ccc(F)cc1)C1CCc2nnc(-c3ccc(F)cc3)n21. The summed E-state index contributed by atoms with van der Waals surface area (Å²) in [7, 11) is 0. The number of carbonyl (C=O) groups excluding carboxylic acids is 1. The number of nitrogens with zero attached hydrogens (tertiary/aromatic N) is 3. The molecule has 1 aromatic heterocycles. The summed E-state index contributed by atoms with van der Waals surface area (Å²) in [5.74, 6) is 0.513. The van der Waals surface area contributed by atoms with Crippen molar-refractivity contribution in [1.29, 1.82) is 0 Å². The fourth-order valence-electron chi connectivity index (χ4n) is 3.17. The van der Waals surface area contributed by atoms with E-state index >= 15 is 0 Å². The van der Waals surface area contributed by atoms with E-state index in [4.69, 9.17) is 0 Å². The van der Waals surface area contributed by atoms with Crippen molar-refractivity contribution in [2.75, 3.05) is 0 Å². The minimum atomic E-state index is -0.416. The predicted molar refractivity (Wildman–Crippen MR) is 91.0 cm³/mol. The zero-order chi connectivity index (χ0) is 18.1. The average molecular weight is 354 g/mol. The van der Waals surface area contributed by atoms with Gasteiger partial charge in [0.2, 0.25) is 5.91 Å². The molecule has 1 atom stereocenters. The van der Waals surface area contributed by atoms with E-state index in [0.717, 1.165) is 11.4 Å². The molecule has 0 bridgehead atoms. The molecule has 0 aliphatic carbocycles. The van der Waals surface area contributed by atoms with Crippen LogP contribution in [0.1, 0.15) is 23.9 Å². The molecule has 1 amide bonds. The molecule has 1 aliphatic rings. The van der Waals surface area contributed by atoms with E-state index < -0.39 is 6.04 Å². The second kappa shape index (κ2) is 6.67. The van der Waals surface area contributed by atoms with Crippen LogP contribution in [0.3, 0.4) is 0 Å². The molecule has 4 rings (SSSR count). The molecule has 0 radical (unpaired) electrons. The molecule has 0 spiro atoms. The third-order valence-electron chi connectivity index (χ3n) is 4.50. The Hall–Kier alpha value is -3.09. The summed E-state index contributed by atoms with van der Waals surface area (Å²) in [5, 5.41) is 11.2. The standard InChI is InChI=1S/C19H16F2N4O/c20-14-5-1-12(2-6-14)11-22-19(26)16-9-10-17-23-24-18(25(16)17)13-3-7-15(21)8-4-13/h1-8,16H,9-11H2,(H,22,26). The maximum Gasteiger partial charge on any atom is 0.243 e. The van der Waals surface area contributed by atoms with Crippen LogP contribution >= 0.6 is 0 Å². The average Bonchev–Trinajstić information content (AvgIpc) is 3.24. The molecule has 0 fully saturated rings. The van der Waals surface area contributed by atoms with Gasteiger partial charge in [-0.2, -0.15) is 0 Å². The minimum absolute atomic E-state index is 0.142. The number of aryl methyl sites for hydroxylation is 1. The number of hydrogen-bond donors (Lipinski definition) is 1. The summed E-state index contributed by atoms with van der Waals surface area (Å²) < 4.78 is 27.9. The lowest BCUT2D eigenvalue weighted by molar-refractivity contribution is -0.124.